The number of hydrogen-bond acceptors (Lipinski definition) is 1. The van der Waals surface area contributed by atoms with E-state index < -0.39 is 0 Å². The first-order valence-electron chi connectivity index (χ1n) is 3.12. The zero-order valence-corrected chi connectivity index (χ0v) is 5.54. The van der Waals surface area contributed by atoms with Gasteiger partial charge in [0.15, 0.2) is 0 Å². The van der Waals surface area contributed by atoms with Crippen LogP contribution in [0.2, 0.25) is 0 Å². The van der Waals surface area contributed by atoms with Crippen LogP contribution in [0.25, 0.3) is 0 Å². The van der Waals surface area contributed by atoms with Gasteiger partial charge in [-0.3, -0.25) is 0 Å². The summed E-state index contributed by atoms with van der Waals surface area (Å²) in [5.74, 6) is 0. The van der Waals surface area contributed by atoms with Crippen molar-refractivity contribution in [1.29, 1.82) is 0 Å². The van der Waals surface area contributed by atoms with Gasteiger partial charge in [-0.25, -0.2) is 0 Å². The van der Waals surface area contributed by atoms with E-state index in [-0.39, 0.29) is 0 Å². The van der Waals surface area contributed by atoms with Crippen molar-refractivity contribution in [2.45, 2.75) is 6.04 Å². The Morgan fingerprint density at radius 1 is 1.00 bits per heavy atom. The maximum atomic E-state index is 3.13. The Labute approximate surface area is 55.8 Å². The summed E-state index contributed by atoms with van der Waals surface area (Å²) in [6, 6.07) is 0.403. The van der Waals surface area contributed by atoms with Crippen LogP contribution in [0.1, 0.15) is 0 Å². The fraction of sp³-hybridized carbons (Fsp3) is 0.250. The Kier molecular flexibility index (Phi) is 2.28. The van der Waals surface area contributed by atoms with E-state index in [4.69, 9.17) is 0 Å². The van der Waals surface area contributed by atoms with Gasteiger partial charge in [0.1, 0.15) is 0 Å². The summed E-state index contributed by atoms with van der Waals surface area (Å²) in [6.45, 7) is 0. The van der Waals surface area contributed by atoms with E-state index in [1.807, 2.05) is 31.4 Å². The maximum absolute atomic E-state index is 3.13. The Morgan fingerprint density at radius 3 is 2.00 bits per heavy atom. The van der Waals surface area contributed by atoms with Crippen molar-refractivity contribution in [2.24, 2.45) is 0 Å². The van der Waals surface area contributed by atoms with Crippen molar-refractivity contribution in [2.75, 3.05) is 7.05 Å². The molecule has 0 aliphatic heterocycles. The van der Waals surface area contributed by atoms with Crippen LogP contribution in [-0.4, -0.2) is 13.1 Å². The lowest BCUT2D eigenvalue weighted by atomic mass is 10.3. The van der Waals surface area contributed by atoms with Crippen LogP contribution in [0.3, 0.4) is 0 Å². The summed E-state index contributed by atoms with van der Waals surface area (Å²) in [5, 5.41) is 3.13. The van der Waals surface area contributed by atoms with Crippen molar-refractivity contribution in [3.05, 3.63) is 36.5 Å². The predicted molar refractivity (Wildman–Crippen MR) is 40.3 cm³/mol. The monoisotopic (exact) mass is 121 g/mol. The zero-order valence-electron chi connectivity index (χ0n) is 5.54. The van der Waals surface area contributed by atoms with Gasteiger partial charge in [0.2, 0.25) is 0 Å². The number of likely N-dealkylation sites (N-methyl/N-ethyl adjacent to an activating group) is 1. The molecule has 0 aromatic rings. The van der Waals surface area contributed by atoms with E-state index in [0.29, 0.717) is 6.04 Å². The molecule has 1 nitrogen and oxygen atoms in total. The molecule has 0 fully saturated rings. The van der Waals surface area contributed by atoms with Crippen molar-refractivity contribution >= 4 is 0 Å². The smallest absolute Gasteiger partial charge is 0.0439 e. The summed E-state index contributed by atoms with van der Waals surface area (Å²) < 4.78 is 0. The van der Waals surface area contributed by atoms with Gasteiger partial charge >= 0.3 is 0 Å². The zero-order chi connectivity index (χ0) is 6.53. The number of nitrogens with one attached hydrogen (secondary N) is 1. The third kappa shape index (κ3) is 1.86. The summed E-state index contributed by atoms with van der Waals surface area (Å²) in [4.78, 5) is 0. The molecule has 1 rings (SSSR count). The SMILES string of the molecule is CNC1C=CC=CC=C1. The highest BCUT2D eigenvalue weighted by Crippen LogP contribution is 1.94. The van der Waals surface area contributed by atoms with Gasteiger partial charge in [-0.1, -0.05) is 36.5 Å². The first kappa shape index (κ1) is 6.30. The van der Waals surface area contributed by atoms with E-state index >= 15 is 0 Å². The van der Waals surface area contributed by atoms with E-state index in [9.17, 15) is 0 Å². The molecule has 0 amide bonds. The van der Waals surface area contributed by atoms with Gasteiger partial charge in [-0.05, 0) is 7.05 Å². The summed E-state index contributed by atoms with van der Waals surface area (Å²) in [7, 11) is 1.95. The van der Waals surface area contributed by atoms with E-state index in [1.54, 1.807) is 0 Å². The number of allylic oxidation sites excluding steroid dienone is 4. The van der Waals surface area contributed by atoms with Crippen LogP contribution in [0, 0.1) is 0 Å². The molecular formula is C8H11N. The van der Waals surface area contributed by atoms with Crippen LogP contribution < -0.4 is 5.32 Å². The minimum Gasteiger partial charge on any atom is -0.310 e. The van der Waals surface area contributed by atoms with Crippen molar-refractivity contribution in [1.82, 2.24) is 5.32 Å². The molecule has 0 unspecified atom stereocenters. The molecular weight excluding hydrogens is 110 g/mol. The molecule has 0 aromatic heterocycles. The summed E-state index contributed by atoms with van der Waals surface area (Å²) in [5.41, 5.74) is 0. The van der Waals surface area contributed by atoms with Crippen molar-refractivity contribution in [3.8, 4) is 0 Å². The highest BCUT2D eigenvalue weighted by Gasteiger charge is 1.92. The highest BCUT2D eigenvalue weighted by atomic mass is 14.8. The average molecular weight is 121 g/mol. The standard InChI is InChI=1S/C8H11N/c1-9-8-6-4-2-3-5-7-8/h2-9H,1H3. The molecule has 1 N–H and O–H groups in total. The van der Waals surface area contributed by atoms with Crippen LogP contribution in [0.15, 0.2) is 36.5 Å². The van der Waals surface area contributed by atoms with Crippen molar-refractivity contribution < 1.29 is 0 Å². The van der Waals surface area contributed by atoms with Crippen molar-refractivity contribution in [3.63, 3.8) is 0 Å². The van der Waals surface area contributed by atoms with Gasteiger partial charge in [0.25, 0.3) is 0 Å². The molecule has 48 valence electrons. The molecule has 0 saturated carbocycles. The number of rotatable bonds is 1. The minimum atomic E-state index is 0.403. The van der Waals surface area contributed by atoms with Crippen LogP contribution in [-0.2, 0) is 0 Å². The van der Waals surface area contributed by atoms with Gasteiger partial charge in [-0.15, -0.1) is 0 Å². The first-order valence-corrected chi connectivity index (χ1v) is 3.12. The lowest BCUT2D eigenvalue weighted by Gasteiger charge is -2.01. The maximum Gasteiger partial charge on any atom is 0.0439 e. The second-order valence-electron chi connectivity index (χ2n) is 1.97. The van der Waals surface area contributed by atoms with E-state index in [2.05, 4.69) is 17.5 Å². The number of hydrogen-bond donors (Lipinski definition) is 1. The van der Waals surface area contributed by atoms with Gasteiger partial charge in [-0.2, -0.15) is 0 Å². The lowest BCUT2D eigenvalue weighted by Crippen LogP contribution is -2.19. The van der Waals surface area contributed by atoms with Gasteiger partial charge in [0.05, 0.1) is 0 Å². The second-order valence-corrected chi connectivity index (χ2v) is 1.97. The molecule has 1 aliphatic rings. The molecule has 9 heavy (non-hydrogen) atoms. The van der Waals surface area contributed by atoms with E-state index in [1.165, 1.54) is 0 Å². The topological polar surface area (TPSA) is 12.0 Å². The molecule has 1 aliphatic carbocycles. The highest BCUT2D eigenvalue weighted by molar-refractivity contribution is 5.21. The van der Waals surface area contributed by atoms with Crippen LogP contribution in [0.4, 0.5) is 0 Å². The Balaban J connectivity index is 2.58. The summed E-state index contributed by atoms with van der Waals surface area (Å²) in [6.07, 6.45) is 12.4. The Hall–Kier alpha value is -0.820. The lowest BCUT2D eigenvalue weighted by molar-refractivity contribution is 0.791. The summed E-state index contributed by atoms with van der Waals surface area (Å²) >= 11 is 0. The molecule has 0 heterocycles. The van der Waals surface area contributed by atoms with Crippen LogP contribution in [0.5, 0.6) is 0 Å². The fourth-order valence-electron chi connectivity index (χ4n) is 0.753. The third-order valence-electron chi connectivity index (χ3n) is 1.30. The Morgan fingerprint density at radius 2 is 1.56 bits per heavy atom. The van der Waals surface area contributed by atoms with E-state index in [0.717, 1.165) is 0 Å². The van der Waals surface area contributed by atoms with Gasteiger partial charge < -0.3 is 5.32 Å². The minimum absolute atomic E-state index is 0.403. The molecule has 0 saturated heterocycles. The third-order valence-corrected chi connectivity index (χ3v) is 1.30. The molecule has 0 bridgehead atoms. The largest absolute Gasteiger partial charge is 0.310 e. The Bertz CT molecular complexity index is 138. The average Bonchev–Trinajstić information content (AvgIpc) is 2.13. The van der Waals surface area contributed by atoms with Crippen LogP contribution >= 0.6 is 0 Å². The quantitative estimate of drug-likeness (QED) is 0.550. The van der Waals surface area contributed by atoms with Gasteiger partial charge in [0, 0.05) is 6.04 Å². The fourth-order valence-corrected chi connectivity index (χ4v) is 0.753. The molecule has 0 aromatic carbocycles. The molecule has 0 radical (unpaired) electrons. The molecule has 1 heteroatoms. The first-order chi connectivity index (χ1) is 4.43. The molecule has 0 spiro atoms. The second kappa shape index (κ2) is 3.25. The normalized spacial score (nSPS) is 18.3. The molecule has 0 atom stereocenters. The predicted octanol–water partition coefficient (Wildman–Crippen LogP) is 1.26.